The lowest BCUT2D eigenvalue weighted by molar-refractivity contribution is -0.146. The van der Waals surface area contributed by atoms with E-state index in [1.54, 1.807) is 4.90 Å². The molecule has 0 saturated carbocycles. The van der Waals surface area contributed by atoms with Crippen LogP contribution in [0.25, 0.3) is 0 Å². The van der Waals surface area contributed by atoms with E-state index in [1.165, 1.54) is 5.56 Å². The summed E-state index contributed by atoms with van der Waals surface area (Å²) in [6.07, 6.45) is 2.80. The van der Waals surface area contributed by atoms with Gasteiger partial charge in [0, 0.05) is 25.6 Å². The number of carbonyl (C=O) groups is 2. The molecule has 1 N–H and O–H groups in total. The maximum absolute atomic E-state index is 12.5. The lowest BCUT2D eigenvalue weighted by atomic mass is 10.0. The molecule has 2 atom stereocenters. The second-order valence-electron chi connectivity index (χ2n) is 6.51. The molecule has 2 saturated heterocycles. The third-order valence-corrected chi connectivity index (χ3v) is 4.75. The number of carbonyl (C=O) groups excluding carboxylic acids is 2. The van der Waals surface area contributed by atoms with E-state index in [0.717, 1.165) is 31.4 Å². The second-order valence-corrected chi connectivity index (χ2v) is 6.51. The summed E-state index contributed by atoms with van der Waals surface area (Å²) in [7, 11) is 0. The lowest BCUT2D eigenvalue weighted by Crippen LogP contribution is -2.44. The van der Waals surface area contributed by atoms with Crippen LogP contribution in [0.3, 0.4) is 0 Å². The van der Waals surface area contributed by atoms with Gasteiger partial charge >= 0.3 is 11.8 Å². The Morgan fingerprint density at radius 3 is 2.74 bits per heavy atom. The van der Waals surface area contributed by atoms with Gasteiger partial charge in [0.05, 0.1) is 12.6 Å². The highest BCUT2D eigenvalue weighted by Crippen LogP contribution is 2.32. The molecule has 5 nitrogen and oxygen atoms in total. The summed E-state index contributed by atoms with van der Waals surface area (Å²) < 4.78 is 5.29. The van der Waals surface area contributed by atoms with Crippen molar-refractivity contribution >= 4 is 11.8 Å². The van der Waals surface area contributed by atoms with Gasteiger partial charge in [-0.1, -0.05) is 29.8 Å². The van der Waals surface area contributed by atoms with E-state index in [9.17, 15) is 9.59 Å². The summed E-state index contributed by atoms with van der Waals surface area (Å²) >= 11 is 0. The van der Waals surface area contributed by atoms with Gasteiger partial charge < -0.3 is 15.0 Å². The molecule has 2 aliphatic heterocycles. The van der Waals surface area contributed by atoms with Crippen molar-refractivity contribution in [3.05, 3.63) is 35.4 Å². The van der Waals surface area contributed by atoms with Crippen LogP contribution in [0.2, 0.25) is 0 Å². The van der Waals surface area contributed by atoms with Gasteiger partial charge in [0.1, 0.15) is 0 Å². The summed E-state index contributed by atoms with van der Waals surface area (Å²) in [6, 6.07) is 8.23. The molecule has 0 aromatic heterocycles. The third kappa shape index (κ3) is 3.72. The zero-order valence-electron chi connectivity index (χ0n) is 13.6. The number of hydrogen-bond donors (Lipinski definition) is 1. The highest BCUT2D eigenvalue weighted by molar-refractivity contribution is 6.35. The Bertz CT molecular complexity index is 564. The Kier molecular flexibility index (Phi) is 4.96. The topological polar surface area (TPSA) is 58.6 Å². The molecule has 23 heavy (non-hydrogen) atoms. The maximum Gasteiger partial charge on any atom is 0.312 e. The lowest BCUT2D eigenvalue weighted by Gasteiger charge is -2.24. The summed E-state index contributed by atoms with van der Waals surface area (Å²) in [6.45, 7) is 4.63. The standard InChI is InChI=1S/C18H24N2O3/c1-13-4-6-15(7-5-13)16-3-2-9-20(16)18(22)17(21)19-11-14-8-10-23-12-14/h4-7,14,16H,2-3,8-12H2,1H3,(H,19,21)/t14-,16+/m1/s1. The molecule has 0 unspecified atom stereocenters. The van der Waals surface area contributed by atoms with Crippen LogP contribution >= 0.6 is 0 Å². The fourth-order valence-corrected chi connectivity index (χ4v) is 3.33. The monoisotopic (exact) mass is 316 g/mol. The van der Waals surface area contributed by atoms with Gasteiger partial charge in [-0.2, -0.15) is 0 Å². The zero-order chi connectivity index (χ0) is 16.2. The van der Waals surface area contributed by atoms with Gasteiger partial charge in [-0.3, -0.25) is 9.59 Å². The molecule has 3 rings (SSSR count). The highest BCUT2D eigenvalue weighted by atomic mass is 16.5. The van der Waals surface area contributed by atoms with Crippen molar-refractivity contribution in [3.8, 4) is 0 Å². The molecular formula is C18H24N2O3. The summed E-state index contributed by atoms with van der Waals surface area (Å²) in [5.41, 5.74) is 2.31. The van der Waals surface area contributed by atoms with Gasteiger partial charge in [-0.15, -0.1) is 0 Å². The molecule has 2 amide bonds. The number of nitrogens with zero attached hydrogens (tertiary/aromatic N) is 1. The SMILES string of the molecule is Cc1ccc([C@@H]2CCCN2C(=O)C(=O)NC[C@H]2CCOC2)cc1. The number of likely N-dealkylation sites (tertiary alicyclic amines) is 1. The molecule has 0 bridgehead atoms. The van der Waals surface area contributed by atoms with Gasteiger partial charge in [-0.05, 0) is 31.7 Å². The van der Waals surface area contributed by atoms with Crippen molar-refractivity contribution in [2.45, 2.75) is 32.2 Å². The summed E-state index contributed by atoms with van der Waals surface area (Å²) in [5, 5.41) is 2.77. The predicted octanol–water partition coefficient (Wildman–Crippen LogP) is 1.81. The molecule has 0 aliphatic carbocycles. The minimum atomic E-state index is -0.490. The number of rotatable bonds is 3. The smallest absolute Gasteiger partial charge is 0.312 e. The van der Waals surface area contributed by atoms with Crippen LogP contribution in [0.4, 0.5) is 0 Å². The van der Waals surface area contributed by atoms with E-state index in [4.69, 9.17) is 4.74 Å². The minimum Gasteiger partial charge on any atom is -0.381 e. The average molecular weight is 316 g/mol. The minimum absolute atomic E-state index is 0.0173. The molecule has 0 radical (unpaired) electrons. The van der Waals surface area contributed by atoms with E-state index < -0.39 is 11.8 Å². The van der Waals surface area contributed by atoms with E-state index in [-0.39, 0.29) is 6.04 Å². The van der Waals surface area contributed by atoms with Gasteiger partial charge in [-0.25, -0.2) is 0 Å². The first kappa shape index (κ1) is 16.0. The molecular weight excluding hydrogens is 292 g/mol. The van der Waals surface area contributed by atoms with E-state index in [0.29, 0.717) is 25.6 Å². The van der Waals surface area contributed by atoms with Crippen molar-refractivity contribution in [2.75, 3.05) is 26.3 Å². The van der Waals surface area contributed by atoms with Crippen molar-refractivity contribution in [1.82, 2.24) is 10.2 Å². The van der Waals surface area contributed by atoms with Gasteiger partial charge in [0.25, 0.3) is 0 Å². The molecule has 5 heteroatoms. The van der Waals surface area contributed by atoms with Crippen LogP contribution in [0, 0.1) is 12.8 Å². The van der Waals surface area contributed by atoms with Crippen molar-refractivity contribution in [3.63, 3.8) is 0 Å². The van der Waals surface area contributed by atoms with Gasteiger partial charge in [0.2, 0.25) is 0 Å². The average Bonchev–Trinajstić information content (AvgIpc) is 3.24. The van der Waals surface area contributed by atoms with Crippen molar-refractivity contribution < 1.29 is 14.3 Å². The number of benzene rings is 1. The van der Waals surface area contributed by atoms with Crippen LogP contribution in [-0.2, 0) is 14.3 Å². The summed E-state index contributed by atoms with van der Waals surface area (Å²) in [5.74, 6) is -0.568. The van der Waals surface area contributed by atoms with E-state index in [1.807, 2.05) is 6.92 Å². The highest BCUT2D eigenvalue weighted by Gasteiger charge is 2.33. The largest absolute Gasteiger partial charge is 0.381 e. The van der Waals surface area contributed by atoms with Crippen molar-refractivity contribution in [2.24, 2.45) is 5.92 Å². The number of hydrogen-bond acceptors (Lipinski definition) is 3. The van der Waals surface area contributed by atoms with Crippen LogP contribution in [0.5, 0.6) is 0 Å². The molecule has 2 heterocycles. The third-order valence-electron chi connectivity index (χ3n) is 4.75. The normalized spacial score (nSPS) is 24.0. The number of aryl methyl sites for hydroxylation is 1. The van der Waals surface area contributed by atoms with Crippen molar-refractivity contribution in [1.29, 1.82) is 0 Å². The van der Waals surface area contributed by atoms with Crippen LogP contribution in [-0.4, -0.2) is 43.0 Å². The fraction of sp³-hybridized carbons (Fsp3) is 0.556. The Labute approximate surface area is 137 Å². The van der Waals surface area contributed by atoms with E-state index >= 15 is 0 Å². The number of amides is 2. The first-order chi connectivity index (χ1) is 11.1. The molecule has 2 aliphatic rings. The molecule has 124 valence electrons. The molecule has 0 spiro atoms. The number of nitrogens with one attached hydrogen (secondary N) is 1. The summed E-state index contributed by atoms with van der Waals surface area (Å²) in [4.78, 5) is 26.4. The zero-order valence-corrected chi connectivity index (χ0v) is 13.6. The Morgan fingerprint density at radius 1 is 1.26 bits per heavy atom. The second kappa shape index (κ2) is 7.13. The molecule has 1 aromatic rings. The molecule has 2 fully saturated rings. The van der Waals surface area contributed by atoms with Crippen LogP contribution in [0.15, 0.2) is 24.3 Å². The predicted molar refractivity (Wildman–Crippen MR) is 86.8 cm³/mol. The Hall–Kier alpha value is -1.88. The maximum atomic E-state index is 12.5. The number of ether oxygens (including phenoxy) is 1. The van der Waals surface area contributed by atoms with E-state index in [2.05, 4.69) is 29.6 Å². The first-order valence-electron chi connectivity index (χ1n) is 8.38. The van der Waals surface area contributed by atoms with Crippen LogP contribution in [0.1, 0.15) is 36.4 Å². The quantitative estimate of drug-likeness (QED) is 0.865. The Morgan fingerprint density at radius 2 is 2.04 bits per heavy atom. The van der Waals surface area contributed by atoms with Crippen LogP contribution < -0.4 is 5.32 Å². The fourth-order valence-electron chi connectivity index (χ4n) is 3.33. The molecule has 1 aromatic carbocycles. The van der Waals surface area contributed by atoms with Gasteiger partial charge in [0.15, 0.2) is 0 Å². The first-order valence-corrected chi connectivity index (χ1v) is 8.38. The Balaban J connectivity index is 1.60.